The molecule has 0 aliphatic carbocycles. The van der Waals surface area contributed by atoms with Crippen LogP contribution in [-0.2, 0) is 14.8 Å². The number of pyridine rings is 1. The van der Waals surface area contributed by atoms with Gasteiger partial charge in [-0.2, -0.15) is 5.26 Å². The van der Waals surface area contributed by atoms with Crippen molar-refractivity contribution in [3.05, 3.63) is 23.9 Å². The van der Waals surface area contributed by atoms with Crippen molar-refractivity contribution in [2.24, 2.45) is 11.1 Å². The number of sulfonamides is 1. The summed E-state index contributed by atoms with van der Waals surface area (Å²) in [6.45, 7) is 0.247. The van der Waals surface area contributed by atoms with Crippen molar-refractivity contribution in [3.63, 3.8) is 0 Å². The molecule has 7 nitrogen and oxygen atoms in total. The van der Waals surface area contributed by atoms with Crippen LogP contribution in [0.25, 0.3) is 0 Å². The van der Waals surface area contributed by atoms with Gasteiger partial charge in [0.1, 0.15) is 5.82 Å². The van der Waals surface area contributed by atoms with E-state index in [0.717, 1.165) is 0 Å². The van der Waals surface area contributed by atoms with E-state index in [1.807, 2.05) is 6.07 Å². The lowest BCUT2D eigenvalue weighted by Crippen LogP contribution is -2.28. The number of carbonyl (C=O) groups excluding carboxylic acids is 1. The molecule has 0 saturated carbocycles. The highest BCUT2D eigenvalue weighted by atomic mass is 32.2. The van der Waals surface area contributed by atoms with E-state index < -0.39 is 10.0 Å². The summed E-state index contributed by atoms with van der Waals surface area (Å²) in [4.78, 5) is 17.2. The smallest absolute Gasteiger partial charge is 0.228 e. The Morgan fingerprint density at radius 1 is 1.58 bits per heavy atom. The van der Waals surface area contributed by atoms with E-state index in [-0.39, 0.29) is 30.5 Å². The van der Waals surface area contributed by atoms with Crippen molar-refractivity contribution in [3.8, 4) is 6.07 Å². The first-order valence-electron chi connectivity index (χ1n) is 5.56. The summed E-state index contributed by atoms with van der Waals surface area (Å²) in [5.41, 5.74) is 0.396. The van der Waals surface area contributed by atoms with Gasteiger partial charge in [-0.1, -0.05) is 0 Å². The number of amides is 1. The van der Waals surface area contributed by atoms with Crippen LogP contribution in [-0.4, -0.2) is 31.6 Å². The van der Waals surface area contributed by atoms with Crippen LogP contribution in [0.5, 0.6) is 0 Å². The van der Waals surface area contributed by atoms with Gasteiger partial charge in [0.25, 0.3) is 0 Å². The molecule has 19 heavy (non-hydrogen) atoms. The van der Waals surface area contributed by atoms with Gasteiger partial charge in [-0.05, 0) is 12.1 Å². The van der Waals surface area contributed by atoms with Crippen molar-refractivity contribution >= 4 is 21.7 Å². The van der Waals surface area contributed by atoms with Gasteiger partial charge in [0.2, 0.25) is 15.9 Å². The number of hydrogen-bond acceptors (Lipinski definition) is 5. The molecule has 100 valence electrons. The lowest BCUT2D eigenvalue weighted by atomic mass is 10.1. The minimum absolute atomic E-state index is 0.120. The van der Waals surface area contributed by atoms with E-state index in [1.54, 1.807) is 0 Å². The van der Waals surface area contributed by atoms with Gasteiger partial charge in [0, 0.05) is 25.1 Å². The molecule has 1 aliphatic heterocycles. The summed E-state index contributed by atoms with van der Waals surface area (Å²) in [6, 6.07) is 4.99. The largest absolute Gasteiger partial charge is 0.296 e. The summed E-state index contributed by atoms with van der Waals surface area (Å²) in [5, 5.41) is 13.8. The Bertz CT molecular complexity index is 650. The van der Waals surface area contributed by atoms with Crippen molar-refractivity contribution in [2.75, 3.05) is 17.2 Å². The van der Waals surface area contributed by atoms with Gasteiger partial charge in [-0.3, -0.25) is 9.69 Å². The second kappa shape index (κ2) is 4.95. The number of nitrogens with zero attached hydrogens (tertiary/aromatic N) is 3. The maximum absolute atomic E-state index is 11.8. The number of aromatic nitrogens is 1. The van der Waals surface area contributed by atoms with Crippen LogP contribution in [0.15, 0.2) is 18.3 Å². The molecule has 2 rings (SSSR count). The SMILES string of the molecule is N#Cc1ccnc(N2CC(CS(N)(=O)=O)CC2=O)c1. The minimum Gasteiger partial charge on any atom is -0.296 e. The molecule has 1 saturated heterocycles. The fourth-order valence-corrected chi connectivity index (χ4v) is 2.96. The number of carbonyl (C=O) groups is 1. The average molecular weight is 280 g/mol. The van der Waals surface area contributed by atoms with Crippen molar-refractivity contribution in [1.29, 1.82) is 5.26 Å². The lowest BCUT2D eigenvalue weighted by Gasteiger charge is -2.15. The first kappa shape index (κ1) is 13.5. The normalized spacial score (nSPS) is 19.5. The molecule has 1 amide bonds. The monoisotopic (exact) mass is 280 g/mol. The Kier molecular flexibility index (Phi) is 3.50. The molecule has 1 unspecified atom stereocenters. The van der Waals surface area contributed by atoms with E-state index in [0.29, 0.717) is 11.4 Å². The highest BCUT2D eigenvalue weighted by Crippen LogP contribution is 2.24. The maximum atomic E-state index is 11.8. The molecule has 2 heterocycles. The van der Waals surface area contributed by atoms with Crippen LogP contribution >= 0.6 is 0 Å². The molecular weight excluding hydrogens is 268 g/mol. The van der Waals surface area contributed by atoms with E-state index in [4.69, 9.17) is 10.4 Å². The number of rotatable bonds is 3. The molecule has 1 atom stereocenters. The number of nitrogens with two attached hydrogens (primary N) is 1. The van der Waals surface area contributed by atoms with Crippen molar-refractivity contribution in [1.82, 2.24) is 4.98 Å². The molecule has 0 bridgehead atoms. The number of primary sulfonamides is 1. The Balaban J connectivity index is 2.18. The first-order chi connectivity index (χ1) is 8.89. The maximum Gasteiger partial charge on any atom is 0.228 e. The second-order valence-electron chi connectivity index (χ2n) is 4.42. The molecule has 2 N–H and O–H groups in total. The number of hydrogen-bond donors (Lipinski definition) is 1. The average Bonchev–Trinajstić information content (AvgIpc) is 2.68. The van der Waals surface area contributed by atoms with Crippen LogP contribution in [0.3, 0.4) is 0 Å². The molecule has 1 fully saturated rings. The molecule has 0 aromatic carbocycles. The van der Waals surface area contributed by atoms with Crippen LogP contribution in [0, 0.1) is 17.2 Å². The summed E-state index contributed by atoms with van der Waals surface area (Å²) in [6.07, 6.45) is 1.56. The van der Waals surface area contributed by atoms with E-state index in [2.05, 4.69) is 4.98 Å². The van der Waals surface area contributed by atoms with Crippen LogP contribution in [0.1, 0.15) is 12.0 Å². The fraction of sp³-hybridized carbons (Fsp3) is 0.364. The summed E-state index contributed by atoms with van der Waals surface area (Å²) >= 11 is 0. The Hall–Kier alpha value is -1.98. The summed E-state index contributed by atoms with van der Waals surface area (Å²) in [7, 11) is -3.60. The molecule has 8 heteroatoms. The highest BCUT2D eigenvalue weighted by molar-refractivity contribution is 7.89. The van der Waals surface area contributed by atoms with Crippen molar-refractivity contribution < 1.29 is 13.2 Å². The lowest BCUT2D eigenvalue weighted by molar-refractivity contribution is -0.117. The van der Waals surface area contributed by atoms with Gasteiger partial charge in [0.05, 0.1) is 17.4 Å². The molecular formula is C11H12N4O3S. The number of anilines is 1. The standard InChI is InChI=1S/C11H12N4O3S/c12-5-8-1-2-14-10(3-8)15-6-9(4-11(15)16)7-19(13,17)18/h1-3,9H,4,6-7H2,(H2,13,17,18). The Morgan fingerprint density at radius 3 is 2.95 bits per heavy atom. The molecule has 0 spiro atoms. The first-order valence-corrected chi connectivity index (χ1v) is 7.27. The van der Waals surface area contributed by atoms with Crippen molar-refractivity contribution in [2.45, 2.75) is 6.42 Å². The van der Waals surface area contributed by atoms with E-state index in [9.17, 15) is 13.2 Å². The highest BCUT2D eigenvalue weighted by Gasteiger charge is 2.33. The topological polar surface area (TPSA) is 117 Å². The quantitative estimate of drug-likeness (QED) is 0.808. The second-order valence-corrected chi connectivity index (χ2v) is 6.08. The third-order valence-corrected chi connectivity index (χ3v) is 3.76. The third-order valence-electron chi connectivity index (χ3n) is 2.82. The molecule has 1 aromatic heterocycles. The fourth-order valence-electron chi connectivity index (χ4n) is 2.08. The Labute approximate surface area is 110 Å². The molecule has 1 aliphatic rings. The van der Waals surface area contributed by atoms with E-state index >= 15 is 0 Å². The Morgan fingerprint density at radius 2 is 2.32 bits per heavy atom. The van der Waals surface area contributed by atoms with E-state index in [1.165, 1.54) is 23.2 Å². The third kappa shape index (κ3) is 3.27. The summed E-state index contributed by atoms with van der Waals surface area (Å²) < 4.78 is 22.1. The van der Waals surface area contributed by atoms with Crippen LogP contribution < -0.4 is 10.0 Å². The zero-order valence-electron chi connectivity index (χ0n) is 9.98. The van der Waals surface area contributed by atoms with Gasteiger partial charge >= 0.3 is 0 Å². The minimum atomic E-state index is -3.60. The molecule has 0 radical (unpaired) electrons. The van der Waals surface area contributed by atoms with Crippen LogP contribution in [0.4, 0.5) is 5.82 Å². The number of nitriles is 1. The predicted octanol–water partition coefficient (Wildman–Crippen LogP) is -0.405. The molecule has 1 aromatic rings. The van der Waals surface area contributed by atoms with Gasteiger partial charge in [-0.25, -0.2) is 18.5 Å². The predicted molar refractivity (Wildman–Crippen MR) is 67.4 cm³/mol. The van der Waals surface area contributed by atoms with Gasteiger partial charge < -0.3 is 0 Å². The van der Waals surface area contributed by atoms with Crippen LogP contribution in [0.2, 0.25) is 0 Å². The zero-order chi connectivity index (χ0) is 14.0. The van der Waals surface area contributed by atoms with Gasteiger partial charge in [-0.15, -0.1) is 0 Å². The zero-order valence-corrected chi connectivity index (χ0v) is 10.8. The summed E-state index contributed by atoms with van der Waals surface area (Å²) in [5.74, 6) is -0.417. The van der Waals surface area contributed by atoms with Gasteiger partial charge in [0.15, 0.2) is 0 Å².